The number of hydrogen-bond donors (Lipinski definition) is 1. The minimum Gasteiger partial charge on any atom is -0.295 e. The van der Waals surface area contributed by atoms with Gasteiger partial charge in [-0.3, -0.25) is 9.35 Å². The molecule has 0 aromatic heterocycles. The highest BCUT2D eigenvalue weighted by molar-refractivity contribution is 7.80. The first-order valence-corrected chi connectivity index (χ1v) is 15.7. The Hall–Kier alpha value is -0.720. The van der Waals surface area contributed by atoms with E-state index < -0.39 is 16.5 Å². The van der Waals surface area contributed by atoms with Crippen LogP contribution in [0.25, 0.3) is 0 Å². The molecule has 1 N–H and O–H groups in total. The van der Waals surface area contributed by atoms with Crippen LogP contribution in [-0.4, -0.2) is 24.9 Å². The molecule has 0 saturated heterocycles. The standard InChI is InChI=1S/C30H48O5S/c1-19(2)16-21(31)17-20(3)22-10-12-28(7)24-9-8-23-26(4,5)25(35-36(32,33)34)11-13-29(23)18-30(24,29)15-14-27(22,28)6/h16,20,22-25H,8-15,17-18H2,1-7H3,(H,32,33,34)/t20-,22-,23+,24+,25?,27-,28+,29-,30+/m1/s1. The third-order valence-electron chi connectivity index (χ3n) is 13.0. The van der Waals surface area contributed by atoms with Crippen molar-refractivity contribution in [2.45, 2.75) is 119 Å². The van der Waals surface area contributed by atoms with Crippen LogP contribution in [0.4, 0.5) is 0 Å². The first-order valence-electron chi connectivity index (χ1n) is 14.4. The molecule has 0 radical (unpaired) electrons. The fourth-order valence-corrected chi connectivity index (χ4v) is 12.1. The van der Waals surface area contributed by atoms with E-state index >= 15 is 0 Å². The van der Waals surface area contributed by atoms with E-state index in [1.54, 1.807) is 0 Å². The van der Waals surface area contributed by atoms with Gasteiger partial charge in [0.2, 0.25) is 0 Å². The maximum atomic E-state index is 12.6. The van der Waals surface area contributed by atoms with Crippen molar-refractivity contribution in [3.05, 3.63) is 11.6 Å². The van der Waals surface area contributed by atoms with E-state index in [1.165, 1.54) is 38.5 Å². The highest BCUT2D eigenvalue weighted by Crippen LogP contribution is 2.89. The third-order valence-corrected chi connectivity index (χ3v) is 13.5. The molecule has 0 bridgehead atoms. The highest BCUT2D eigenvalue weighted by atomic mass is 32.3. The first-order chi connectivity index (χ1) is 16.5. The Morgan fingerprint density at radius 2 is 1.58 bits per heavy atom. The second-order valence-electron chi connectivity index (χ2n) is 14.9. The molecule has 36 heavy (non-hydrogen) atoms. The van der Waals surface area contributed by atoms with E-state index in [-0.39, 0.29) is 16.6 Å². The molecule has 0 amide bonds. The molecule has 0 aliphatic heterocycles. The third kappa shape index (κ3) is 3.59. The summed E-state index contributed by atoms with van der Waals surface area (Å²) >= 11 is 0. The van der Waals surface area contributed by atoms with Crippen molar-refractivity contribution < 1.29 is 21.9 Å². The van der Waals surface area contributed by atoms with Gasteiger partial charge in [-0.1, -0.05) is 40.2 Å². The van der Waals surface area contributed by atoms with Gasteiger partial charge in [0.05, 0.1) is 6.10 Å². The first kappa shape index (κ1) is 26.9. The number of allylic oxidation sites excluding steroid dienone is 2. The molecule has 0 aromatic rings. The van der Waals surface area contributed by atoms with Crippen LogP contribution in [-0.2, 0) is 19.4 Å². The molecule has 2 spiro atoms. The minimum atomic E-state index is -4.45. The molecule has 5 rings (SSSR count). The Bertz CT molecular complexity index is 1070. The summed E-state index contributed by atoms with van der Waals surface area (Å²) in [6.45, 7) is 15.8. The van der Waals surface area contributed by atoms with Crippen LogP contribution >= 0.6 is 0 Å². The maximum absolute atomic E-state index is 12.6. The number of carbonyl (C=O) groups is 1. The Morgan fingerprint density at radius 1 is 0.944 bits per heavy atom. The number of fused-ring (bicyclic) bond motifs is 2. The summed E-state index contributed by atoms with van der Waals surface area (Å²) in [5.74, 6) is 2.43. The maximum Gasteiger partial charge on any atom is 0.397 e. The lowest BCUT2D eigenvalue weighted by molar-refractivity contribution is -0.158. The monoisotopic (exact) mass is 520 g/mol. The molecule has 5 aliphatic rings. The number of ketones is 1. The normalized spacial score (nSPS) is 47.6. The zero-order chi connectivity index (χ0) is 26.5. The van der Waals surface area contributed by atoms with Gasteiger partial charge in [0.1, 0.15) is 0 Å². The van der Waals surface area contributed by atoms with E-state index in [0.717, 1.165) is 18.4 Å². The number of carbonyl (C=O) groups excluding carboxylic acids is 1. The average molecular weight is 521 g/mol. The van der Waals surface area contributed by atoms with E-state index in [0.29, 0.717) is 52.8 Å². The summed E-state index contributed by atoms with van der Waals surface area (Å²) in [7, 11) is -4.45. The van der Waals surface area contributed by atoms with Crippen molar-refractivity contribution in [1.82, 2.24) is 0 Å². The SMILES string of the molecule is CC(C)=CC(=O)C[C@@H](C)[C@H]1CC[C@@]2(C)[C@@H]3CC[C@H]4C(C)(C)C(OS(=O)(=O)O)CC[C@@]45C[C@@]35CC[C@]12C. The Kier molecular flexibility index (Phi) is 6.08. The van der Waals surface area contributed by atoms with Gasteiger partial charge in [-0.2, -0.15) is 8.42 Å². The molecule has 5 aliphatic carbocycles. The average Bonchev–Trinajstić information content (AvgIpc) is 3.31. The topological polar surface area (TPSA) is 80.7 Å². The van der Waals surface area contributed by atoms with Crippen molar-refractivity contribution in [2.24, 2.45) is 50.7 Å². The van der Waals surface area contributed by atoms with Crippen LogP contribution in [0, 0.1) is 50.7 Å². The minimum absolute atomic E-state index is 0.269. The van der Waals surface area contributed by atoms with Crippen molar-refractivity contribution >= 4 is 16.2 Å². The van der Waals surface area contributed by atoms with Crippen molar-refractivity contribution in [3.8, 4) is 0 Å². The predicted octanol–water partition coefficient (Wildman–Crippen LogP) is 7.18. The lowest BCUT2D eigenvalue weighted by atomic mass is 9.41. The smallest absolute Gasteiger partial charge is 0.295 e. The number of rotatable bonds is 6. The fraction of sp³-hybridized carbons (Fsp3) is 0.900. The van der Waals surface area contributed by atoms with Gasteiger partial charge < -0.3 is 0 Å². The number of hydrogen-bond acceptors (Lipinski definition) is 4. The van der Waals surface area contributed by atoms with Gasteiger partial charge in [0, 0.05) is 6.42 Å². The van der Waals surface area contributed by atoms with Crippen LogP contribution in [0.15, 0.2) is 11.6 Å². The summed E-state index contributed by atoms with van der Waals surface area (Å²) in [5.41, 5.74) is 2.05. The van der Waals surface area contributed by atoms with Crippen molar-refractivity contribution in [1.29, 1.82) is 0 Å². The van der Waals surface area contributed by atoms with Gasteiger partial charge in [-0.25, -0.2) is 4.18 Å². The van der Waals surface area contributed by atoms with E-state index in [1.807, 2.05) is 19.9 Å². The van der Waals surface area contributed by atoms with Crippen molar-refractivity contribution in [2.75, 3.05) is 0 Å². The predicted molar refractivity (Wildman–Crippen MR) is 142 cm³/mol. The summed E-state index contributed by atoms with van der Waals surface area (Å²) in [6, 6.07) is 0. The molecule has 1 unspecified atom stereocenters. The Balaban J connectivity index is 1.39. The van der Waals surface area contributed by atoms with E-state index in [9.17, 15) is 17.8 Å². The Labute approximate surface area is 219 Å². The van der Waals surface area contributed by atoms with Crippen LogP contribution in [0.1, 0.15) is 113 Å². The molecule has 0 heterocycles. The quantitative estimate of drug-likeness (QED) is 0.296. The zero-order valence-corrected chi connectivity index (χ0v) is 24.3. The van der Waals surface area contributed by atoms with E-state index in [2.05, 4.69) is 34.6 Å². The molecular formula is C30H48O5S. The molecule has 5 nitrogen and oxygen atoms in total. The summed E-state index contributed by atoms with van der Waals surface area (Å²) in [5, 5.41) is 0. The Morgan fingerprint density at radius 3 is 2.22 bits per heavy atom. The van der Waals surface area contributed by atoms with Gasteiger partial charge >= 0.3 is 10.4 Å². The van der Waals surface area contributed by atoms with Crippen LogP contribution in [0.3, 0.4) is 0 Å². The second kappa shape index (κ2) is 8.14. The van der Waals surface area contributed by atoms with E-state index in [4.69, 9.17) is 4.18 Å². The molecule has 6 heteroatoms. The molecule has 204 valence electrons. The van der Waals surface area contributed by atoms with Gasteiger partial charge in [-0.15, -0.1) is 0 Å². The van der Waals surface area contributed by atoms with Gasteiger partial charge in [0.25, 0.3) is 0 Å². The second-order valence-corrected chi connectivity index (χ2v) is 15.9. The highest BCUT2D eigenvalue weighted by Gasteiger charge is 2.82. The van der Waals surface area contributed by atoms with Crippen LogP contribution in [0.5, 0.6) is 0 Å². The fourth-order valence-electron chi connectivity index (χ4n) is 11.4. The summed E-state index contributed by atoms with van der Waals surface area (Å²) < 4.78 is 37.8. The molecule has 0 aromatic carbocycles. The van der Waals surface area contributed by atoms with Gasteiger partial charge in [-0.05, 0) is 128 Å². The lowest BCUT2D eigenvalue weighted by Gasteiger charge is -2.63. The molecule has 5 fully saturated rings. The lowest BCUT2D eigenvalue weighted by Crippen LogP contribution is -2.58. The molecular weight excluding hydrogens is 472 g/mol. The summed E-state index contributed by atoms with van der Waals surface area (Å²) in [6.07, 6.45) is 12.4. The van der Waals surface area contributed by atoms with Crippen LogP contribution in [0.2, 0.25) is 0 Å². The largest absolute Gasteiger partial charge is 0.397 e. The van der Waals surface area contributed by atoms with Gasteiger partial charge in [0.15, 0.2) is 5.78 Å². The summed E-state index contributed by atoms with van der Waals surface area (Å²) in [4.78, 5) is 12.6. The molecule has 9 atom stereocenters. The molecule has 5 saturated carbocycles. The zero-order valence-electron chi connectivity index (χ0n) is 23.5. The van der Waals surface area contributed by atoms with Crippen molar-refractivity contribution in [3.63, 3.8) is 0 Å². The van der Waals surface area contributed by atoms with Crippen LogP contribution < -0.4 is 0 Å².